The van der Waals surface area contributed by atoms with Gasteiger partial charge in [-0.2, -0.15) is 44.8 Å². The molecule has 0 bridgehead atoms. The number of hydrogen-bond donors (Lipinski definition) is 1. The molecule has 2 rings (SSSR count). The Hall–Kier alpha value is -3.28. The fourth-order valence-corrected chi connectivity index (χ4v) is 4.44. The average molecular weight is 532 g/mol. The van der Waals surface area contributed by atoms with Crippen LogP contribution in [0.25, 0.3) is 0 Å². The third-order valence-electron chi connectivity index (χ3n) is 4.55. The highest BCUT2D eigenvalue weighted by atomic mass is 32.2. The number of nitriles is 1. The predicted octanol–water partition coefficient (Wildman–Crippen LogP) is 5.66. The first-order valence-corrected chi connectivity index (χ1v) is 10.9. The number of sulfone groups is 1. The Labute approximate surface area is 192 Å². The van der Waals surface area contributed by atoms with Gasteiger partial charge in [0.05, 0.1) is 39.0 Å². The normalized spacial score (nSPS) is 13.7. The number of halogens is 9. The van der Waals surface area contributed by atoms with E-state index >= 15 is 0 Å². The van der Waals surface area contributed by atoms with Crippen molar-refractivity contribution in [2.75, 3.05) is 11.1 Å². The molecular weight excluding hydrogens is 519 g/mol. The van der Waals surface area contributed by atoms with Crippen LogP contribution in [0.15, 0.2) is 41.3 Å². The molecule has 0 heterocycles. The largest absolute Gasteiger partial charge is 0.417 e. The van der Waals surface area contributed by atoms with Crippen LogP contribution in [0.5, 0.6) is 0 Å². The molecule has 1 N–H and O–H groups in total. The molecule has 0 aromatic heterocycles. The molecule has 0 aliphatic carbocycles. The molecule has 0 spiro atoms. The van der Waals surface area contributed by atoms with Crippen molar-refractivity contribution in [1.82, 2.24) is 0 Å². The van der Waals surface area contributed by atoms with Crippen molar-refractivity contribution in [3.05, 3.63) is 58.7 Å². The van der Waals surface area contributed by atoms with Gasteiger partial charge in [-0.25, -0.2) is 8.42 Å². The van der Waals surface area contributed by atoms with E-state index in [1.54, 1.807) is 0 Å². The summed E-state index contributed by atoms with van der Waals surface area (Å²) in [6, 6.07) is 3.12. The van der Waals surface area contributed by atoms with E-state index in [4.69, 9.17) is 5.26 Å². The molecule has 190 valence electrons. The Morgan fingerprint density at radius 2 is 1.43 bits per heavy atom. The summed E-state index contributed by atoms with van der Waals surface area (Å²) in [5.74, 6) is -4.04. The predicted molar refractivity (Wildman–Crippen MR) is 102 cm³/mol. The number of rotatable bonds is 5. The van der Waals surface area contributed by atoms with Gasteiger partial charge in [0.1, 0.15) is 0 Å². The minimum Gasteiger partial charge on any atom is -0.326 e. The van der Waals surface area contributed by atoms with Crippen LogP contribution in [0, 0.1) is 17.2 Å². The van der Waals surface area contributed by atoms with Gasteiger partial charge in [-0.05, 0) is 36.4 Å². The topological polar surface area (TPSA) is 87.0 Å². The molecule has 0 saturated heterocycles. The van der Waals surface area contributed by atoms with Gasteiger partial charge in [0.15, 0.2) is 9.84 Å². The number of alkyl halides is 9. The standard InChI is InChI=1S/C20H13F9N2O3S/c1-10(17(32)31-14-3-2-11(8-30)16(7-14)20(27,28)29)9-35(33,34)15-5-12(18(21,22)23)4-13(6-15)19(24,25)26/h2-7,10H,9H2,1H3,(H,31,32). The van der Waals surface area contributed by atoms with E-state index in [0.717, 1.165) is 19.1 Å². The second-order valence-corrected chi connectivity index (χ2v) is 9.32. The van der Waals surface area contributed by atoms with E-state index in [1.807, 2.05) is 5.32 Å². The van der Waals surface area contributed by atoms with Gasteiger partial charge in [-0.15, -0.1) is 0 Å². The molecule has 2 aromatic rings. The lowest BCUT2D eigenvalue weighted by Crippen LogP contribution is -2.27. The fraction of sp³-hybridized carbons (Fsp3) is 0.300. The lowest BCUT2D eigenvalue weighted by atomic mass is 10.1. The molecule has 1 unspecified atom stereocenters. The van der Waals surface area contributed by atoms with Crippen molar-refractivity contribution in [1.29, 1.82) is 5.26 Å². The van der Waals surface area contributed by atoms with Gasteiger partial charge in [-0.3, -0.25) is 4.79 Å². The van der Waals surface area contributed by atoms with Crippen molar-refractivity contribution in [3.8, 4) is 6.07 Å². The van der Waals surface area contributed by atoms with Crippen LogP contribution in [0.3, 0.4) is 0 Å². The van der Waals surface area contributed by atoms with Crippen LogP contribution < -0.4 is 5.32 Å². The maximum atomic E-state index is 13.1. The first-order valence-electron chi connectivity index (χ1n) is 9.20. The van der Waals surface area contributed by atoms with Crippen LogP contribution in [0.1, 0.15) is 29.2 Å². The van der Waals surface area contributed by atoms with Gasteiger partial charge in [-0.1, -0.05) is 6.92 Å². The van der Waals surface area contributed by atoms with Crippen LogP contribution in [-0.4, -0.2) is 20.1 Å². The number of nitrogens with one attached hydrogen (secondary N) is 1. The summed E-state index contributed by atoms with van der Waals surface area (Å²) < 4.78 is 142. The van der Waals surface area contributed by atoms with Crippen LogP contribution in [-0.2, 0) is 33.2 Å². The zero-order valence-electron chi connectivity index (χ0n) is 17.2. The number of benzene rings is 2. The van der Waals surface area contributed by atoms with Crippen molar-refractivity contribution >= 4 is 21.4 Å². The van der Waals surface area contributed by atoms with E-state index in [-0.39, 0.29) is 18.2 Å². The molecule has 0 fully saturated rings. The molecule has 15 heteroatoms. The quantitative estimate of drug-likeness (QED) is 0.504. The van der Waals surface area contributed by atoms with Crippen molar-refractivity contribution in [2.45, 2.75) is 30.3 Å². The summed E-state index contributed by atoms with van der Waals surface area (Å²) in [5.41, 5.74) is -6.36. The molecule has 2 aromatic carbocycles. The van der Waals surface area contributed by atoms with Gasteiger partial charge in [0.2, 0.25) is 5.91 Å². The third-order valence-corrected chi connectivity index (χ3v) is 6.44. The molecule has 1 atom stereocenters. The van der Waals surface area contributed by atoms with Crippen molar-refractivity contribution in [2.24, 2.45) is 5.92 Å². The Morgan fingerprint density at radius 3 is 1.86 bits per heavy atom. The molecule has 0 aliphatic rings. The molecule has 0 radical (unpaired) electrons. The van der Waals surface area contributed by atoms with E-state index < -0.39 is 78.8 Å². The van der Waals surface area contributed by atoms with Crippen LogP contribution in [0.2, 0.25) is 0 Å². The van der Waals surface area contributed by atoms with E-state index in [1.165, 1.54) is 6.07 Å². The Bertz CT molecular complexity index is 1240. The first kappa shape index (κ1) is 28.0. The van der Waals surface area contributed by atoms with Gasteiger partial charge < -0.3 is 5.32 Å². The Morgan fingerprint density at radius 1 is 0.914 bits per heavy atom. The zero-order chi connectivity index (χ0) is 27.0. The summed E-state index contributed by atoms with van der Waals surface area (Å²) in [4.78, 5) is 11.0. The monoisotopic (exact) mass is 532 g/mol. The lowest BCUT2D eigenvalue weighted by Gasteiger charge is -2.17. The first-order chi connectivity index (χ1) is 15.8. The van der Waals surface area contributed by atoms with Crippen molar-refractivity contribution in [3.63, 3.8) is 0 Å². The summed E-state index contributed by atoms with van der Waals surface area (Å²) >= 11 is 0. The number of carbonyl (C=O) groups excluding carboxylic acids is 1. The zero-order valence-corrected chi connectivity index (χ0v) is 18.0. The molecule has 5 nitrogen and oxygen atoms in total. The summed E-state index contributed by atoms with van der Waals surface area (Å²) in [5, 5.41) is 10.8. The fourth-order valence-electron chi connectivity index (χ4n) is 2.83. The minimum absolute atomic E-state index is 0.00851. The number of hydrogen-bond acceptors (Lipinski definition) is 4. The van der Waals surface area contributed by atoms with Crippen LogP contribution in [0.4, 0.5) is 45.2 Å². The highest BCUT2D eigenvalue weighted by Gasteiger charge is 2.39. The number of anilines is 1. The van der Waals surface area contributed by atoms with Crippen molar-refractivity contribution < 1.29 is 52.7 Å². The summed E-state index contributed by atoms with van der Waals surface area (Å²) in [6.45, 7) is 0.958. The Balaban J connectivity index is 2.34. The molecule has 35 heavy (non-hydrogen) atoms. The lowest BCUT2D eigenvalue weighted by molar-refractivity contribution is -0.143. The van der Waals surface area contributed by atoms with E-state index in [9.17, 15) is 52.7 Å². The SMILES string of the molecule is CC(CS(=O)(=O)c1cc(C(F)(F)F)cc(C(F)(F)F)c1)C(=O)Nc1ccc(C#N)c(C(F)(F)F)c1. The summed E-state index contributed by atoms with van der Waals surface area (Å²) in [6.07, 6.45) is -15.6. The second kappa shape index (κ2) is 9.40. The molecule has 1 amide bonds. The minimum atomic E-state index is -5.31. The molecule has 0 saturated carbocycles. The third kappa shape index (κ3) is 6.87. The average Bonchev–Trinajstić information content (AvgIpc) is 2.71. The number of nitrogens with zero attached hydrogens (tertiary/aromatic N) is 1. The van der Waals surface area contributed by atoms with E-state index in [0.29, 0.717) is 6.07 Å². The number of amides is 1. The highest BCUT2D eigenvalue weighted by Crippen LogP contribution is 2.38. The maximum absolute atomic E-state index is 13.1. The van der Waals surface area contributed by atoms with Gasteiger partial charge in [0.25, 0.3) is 0 Å². The maximum Gasteiger partial charge on any atom is 0.417 e. The van der Waals surface area contributed by atoms with Crippen LogP contribution >= 0.6 is 0 Å². The smallest absolute Gasteiger partial charge is 0.326 e. The van der Waals surface area contributed by atoms with Gasteiger partial charge in [0, 0.05) is 11.6 Å². The number of carbonyl (C=O) groups is 1. The van der Waals surface area contributed by atoms with E-state index in [2.05, 4.69) is 0 Å². The highest BCUT2D eigenvalue weighted by molar-refractivity contribution is 7.91. The molecular formula is C20H13F9N2O3S. The summed E-state index contributed by atoms with van der Waals surface area (Å²) in [7, 11) is -4.89. The Kier molecular flexibility index (Phi) is 7.51. The van der Waals surface area contributed by atoms with Gasteiger partial charge >= 0.3 is 18.5 Å². The molecule has 0 aliphatic heterocycles. The second-order valence-electron chi connectivity index (χ2n) is 7.28.